The van der Waals surface area contributed by atoms with Gasteiger partial charge in [-0.15, -0.1) is 0 Å². The SMILES string of the molecule is [2H]C([2H])(c1ccccc1)S(=O)(=O)OC1=C(N)O[C@@]([2H])(c2ccc(C(=O)OCC)cc2)C1=O. The second kappa shape index (κ2) is 8.36. The fourth-order valence-corrected chi connectivity index (χ4v) is 3.28. The van der Waals surface area contributed by atoms with Crippen LogP contribution in [0.4, 0.5) is 0 Å². The lowest BCUT2D eigenvalue weighted by Crippen LogP contribution is -2.16. The number of carbonyl (C=O) groups excluding carboxylic acids is 2. The van der Waals surface area contributed by atoms with Crippen LogP contribution in [0, 0.1) is 0 Å². The Kier molecular flexibility index (Phi) is 4.79. The summed E-state index contributed by atoms with van der Waals surface area (Å²) < 4.78 is 64.3. The van der Waals surface area contributed by atoms with Gasteiger partial charge in [-0.05, 0) is 24.6 Å². The van der Waals surface area contributed by atoms with E-state index in [1.807, 2.05) is 0 Å². The highest BCUT2D eigenvalue weighted by Gasteiger charge is 2.39. The van der Waals surface area contributed by atoms with E-state index in [1.54, 1.807) is 13.0 Å². The first-order valence-corrected chi connectivity index (χ1v) is 9.85. The number of carbonyl (C=O) groups is 2. The molecule has 0 aliphatic carbocycles. The minimum absolute atomic E-state index is 0.0550. The van der Waals surface area contributed by atoms with Gasteiger partial charge >= 0.3 is 16.1 Å². The third kappa shape index (κ3) is 4.75. The quantitative estimate of drug-likeness (QED) is 0.534. The van der Waals surface area contributed by atoms with Gasteiger partial charge in [0.1, 0.15) is 5.70 Å². The largest absolute Gasteiger partial charge is 0.462 e. The predicted octanol–water partition coefficient (Wildman–Crippen LogP) is 2.18. The van der Waals surface area contributed by atoms with Crippen molar-refractivity contribution in [1.82, 2.24) is 0 Å². The summed E-state index contributed by atoms with van der Waals surface area (Å²) in [7, 11) is -5.07. The van der Waals surface area contributed by atoms with Gasteiger partial charge in [-0.25, -0.2) is 4.79 Å². The number of hydrogen-bond acceptors (Lipinski definition) is 8. The molecular formula is C20H19NO7S. The van der Waals surface area contributed by atoms with Crippen molar-refractivity contribution >= 4 is 21.9 Å². The van der Waals surface area contributed by atoms with E-state index < -0.39 is 45.3 Å². The first-order chi connectivity index (χ1) is 14.9. The minimum Gasteiger partial charge on any atom is -0.462 e. The molecule has 0 unspecified atom stereocenters. The van der Waals surface area contributed by atoms with Crippen LogP contribution in [-0.4, -0.2) is 26.8 Å². The molecule has 9 heteroatoms. The van der Waals surface area contributed by atoms with Gasteiger partial charge in [0.25, 0.3) is 0 Å². The minimum atomic E-state index is -5.07. The lowest BCUT2D eigenvalue weighted by atomic mass is 10.0. The van der Waals surface area contributed by atoms with Crippen molar-refractivity contribution in [3.05, 3.63) is 82.9 Å². The van der Waals surface area contributed by atoms with E-state index in [0.29, 0.717) is 0 Å². The molecule has 8 nitrogen and oxygen atoms in total. The highest BCUT2D eigenvalue weighted by Crippen LogP contribution is 2.32. The Morgan fingerprint density at radius 1 is 1.21 bits per heavy atom. The summed E-state index contributed by atoms with van der Waals surface area (Å²) in [5, 5.41) is 0. The summed E-state index contributed by atoms with van der Waals surface area (Å²) in [6, 6.07) is 12.1. The van der Waals surface area contributed by atoms with Crippen LogP contribution in [0.15, 0.2) is 66.2 Å². The van der Waals surface area contributed by atoms with Crippen LogP contribution in [0.2, 0.25) is 0 Å². The molecule has 0 saturated heterocycles. The Morgan fingerprint density at radius 2 is 1.86 bits per heavy atom. The molecule has 2 aromatic rings. The summed E-state index contributed by atoms with van der Waals surface area (Å²) in [4.78, 5) is 24.6. The van der Waals surface area contributed by atoms with Crippen LogP contribution in [0.1, 0.15) is 38.6 Å². The first-order valence-electron chi connectivity index (χ1n) is 9.95. The average molecular weight is 420 g/mol. The molecule has 0 radical (unpaired) electrons. The maximum Gasteiger partial charge on any atom is 0.338 e. The van der Waals surface area contributed by atoms with Crippen molar-refractivity contribution in [2.45, 2.75) is 18.7 Å². The molecule has 3 rings (SSSR count). The Balaban J connectivity index is 1.87. The van der Waals surface area contributed by atoms with E-state index in [1.165, 1.54) is 48.5 Å². The molecule has 1 heterocycles. The van der Waals surface area contributed by atoms with Crippen LogP contribution in [0.3, 0.4) is 0 Å². The Morgan fingerprint density at radius 3 is 2.48 bits per heavy atom. The zero-order valence-electron chi connectivity index (χ0n) is 18.2. The van der Waals surface area contributed by atoms with Gasteiger partial charge in [0, 0.05) is 5.56 Å². The van der Waals surface area contributed by atoms with Crippen molar-refractivity contribution in [1.29, 1.82) is 0 Å². The van der Waals surface area contributed by atoms with Crippen molar-refractivity contribution in [3.63, 3.8) is 0 Å². The van der Waals surface area contributed by atoms with Crippen LogP contribution in [0.25, 0.3) is 0 Å². The second-order valence-electron chi connectivity index (χ2n) is 5.76. The Hall–Kier alpha value is -3.33. The van der Waals surface area contributed by atoms with Gasteiger partial charge in [-0.3, -0.25) is 4.79 Å². The van der Waals surface area contributed by atoms with E-state index in [0.717, 1.165) is 0 Å². The standard InChI is InChI=1S/C20H19NO7S/c1-2-26-20(23)15-10-8-14(9-11-15)17-16(22)18(19(21)27-17)28-29(24,25)12-13-6-4-3-5-7-13/h3-11,17H,2,12,21H2,1H3/t17-/m0/s1/i12D2,17D. The molecule has 0 fully saturated rings. The molecule has 29 heavy (non-hydrogen) atoms. The van der Waals surface area contributed by atoms with E-state index in [-0.39, 0.29) is 23.3 Å². The molecule has 0 aromatic heterocycles. The fraction of sp³-hybridized carbons (Fsp3) is 0.200. The molecule has 2 aromatic carbocycles. The van der Waals surface area contributed by atoms with Gasteiger partial charge in [0.05, 0.1) is 16.3 Å². The zero-order chi connectivity index (χ0) is 23.7. The fourth-order valence-electron chi connectivity index (χ4n) is 2.44. The summed E-state index contributed by atoms with van der Waals surface area (Å²) in [6.07, 6.45) is -2.48. The molecule has 1 aliphatic rings. The molecule has 0 bridgehead atoms. The summed E-state index contributed by atoms with van der Waals surface area (Å²) in [6.45, 7) is 1.80. The molecule has 152 valence electrons. The van der Waals surface area contributed by atoms with Gasteiger partial charge in [0.15, 0.2) is 6.08 Å². The van der Waals surface area contributed by atoms with Crippen LogP contribution in [-0.2, 0) is 34.3 Å². The number of ketones is 1. The molecule has 0 amide bonds. The smallest absolute Gasteiger partial charge is 0.338 e. The van der Waals surface area contributed by atoms with Crippen LogP contribution >= 0.6 is 0 Å². The first kappa shape index (κ1) is 16.6. The number of Topliss-reactive ketones (excluding diaryl/α,β-unsaturated/α-hetero) is 1. The number of esters is 1. The third-order valence-corrected chi connectivity index (χ3v) is 4.59. The van der Waals surface area contributed by atoms with Crippen molar-refractivity contribution in [2.75, 3.05) is 6.61 Å². The molecule has 0 saturated carbocycles. The topological polar surface area (TPSA) is 122 Å². The molecule has 1 atom stereocenters. The number of hydrogen-bond donors (Lipinski definition) is 1. The summed E-state index contributed by atoms with van der Waals surface area (Å²) >= 11 is 0. The van der Waals surface area contributed by atoms with E-state index in [4.69, 9.17) is 23.5 Å². The maximum atomic E-state index is 12.8. The van der Waals surface area contributed by atoms with Crippen LogP contribution in [0.5, 0.6) is 0 Å². The van der Waals surface area contributed by atoms with Gasteiger partial charge < -0.3 is 19.4 Å². The number of benzene rings is 2. The van der Waals surface area contributed by atoms with Gasteiger partial charge in [-0.1, -0.05) is 42.5 Å². The normalized spacial score (nSPS) is 21.0. The lowest BCUT2D eigenvalue weighted by molar-refractivity contribution is -0.123. The zero-order valence-corrected chi connectivity index (χ0v) is 16.1. The number of nitrogens with two attached hydrogens (primary N) is 1. The van der Waals surface area contributed by atoms with E-state index in [2.05, 4.69) is 0 Å². The third-order valence-electron chi connectivity index (χ3n) is 3.72. The Labute approximate surface area is 172 Å². The highest BCUT2D eigenvalue weighted by molar-refractivity contribution is 7.86. The average Bonchev–Trinajstić information content (AvgIpc) is 2.98. The monoisotopic (exact) mass is 420 g/mol. The Bertz CT molecular complexity index is 1180. The molecular weight excluding hydrogens is 398 g/mol. The van der Waals surface area contributed by atoms with Crippen molar-refractivity contribution in [3.8, 4) is 0 Å². The summed E-state index contributed by atoms with van der Waals surface area (Å²) in [5.41, 5.74) is 2.49. The van der Waals surface area contributed by atoms with Gasteiger partial charge in [0.2, 0.25) is 17.4 Å². The molecule has 1 aliphatic heterocycles. The molecule has 0 spiro atoms. The highest BCUT2D eigenvalue weighted by atomic mass is 32.2. The van der Waals surface area contributed by atoms with Crippen molar-refractivity contribution < 1.29 is 35.8 Å². The van der Waals surface area contributed by atoms with Crippen molar-refractivity contribution in [2.24, 2.45) is 5.73 Å². The number of rotatable bonds is 7. The summed E-state index contributed by atoms with van der Waals surface area (Å²) in [5.74, 6) is -3.64. The van der Waals surface area contributed by atoms with Gasteiger partial charge in [-0.2, -0.15) is 8.42 Å². The predicted molar refractivity (Wildman–Crippen MR) is 103 cm³/mol. The number of ether oxygens (including phenoxy) is 2. The van der Waals surface area contributed by atoms with E-state index >= 15 is 0 Å². The van der Waals surface area contributed by atoms with E-state index in [9.17, 15) is 18.0 Å². The maximum absolute atomic E-state index is 12.8. The van der Waals surface area contributed by atoms with Crippen LogP contribution < -0.4 is 5.73 Å². The lowest BCUT2D eigenvalue weighted by Gasteiger charge is -2.10. The molecule has 2 N–H and O–H groups in total. The second-order valence-corrected chi connectivity index (χ2v) is 7.04.